The molecule has 0 aromatic heterocycles. The van der Waals surface area contributed by atoms with Crippen LogP contribution in [0.25, 0.3) is 0 Å². The molecule has 0 saturated heterocycles. The molecular weight excluding hydrogens is 256 g/mol. The van der Waals surface area contributed by atoms with Crippen molar-refractivity contribution in [2.24, 2.45) is 17.8 Å². The number of fused-ring (bicyclic) bond motifs is 1. The molecule has 110 valence electrons. The van der Waals surface area contributed by atoms with Crippen molar-refractivity contribution in [2.75, 3.05) is 13.7 Å². The van der Waals surface area contributed by atoms with Crippen LogP contribution in [0.4, 0.5) is 0 Å². The highest BCUT2D eigenvalue weighted by atomic mass is 16.5. The lowest BCUT2D eigenvalue weighted by atomic mass is 9.67. The van der Waals surface area contributed by atoms with Crippen molar-refractivity contribution in [3.8, 4) is 5.75 Å². The van der Waals surface area contributed by atoms with Crippen molar-refractivity contribution >= 4 is 5.97 Å². The Hall–Kier alpha value is -1.55. The SMILES string of the molecule is COC(=O)C(C(C)C)C1(O)c2ccccc2OCC1C. The summed E-state index contributed by atoms with van der Waals surface area (Å²) < 4.78 is 10.6. The largest absolute Gasteiger partial charge is 0.493 e. The van der Waals surface area contributed by atoms with E-state index in [0.29, 0.717) is 17.9 Å². The second-order valence-electron chi connectivity index (χ2n) is 5.78. The number of hydrogen-bond acceptors (Lipinski definition) is 4. The first-order chi connectivity index (χ1) is 9.42. The summed E-state index contributed by atoms with van der Waals surface area (Å²) >= 11 is 0. The molecule has 0 aliphatic carbocycles. The van der Waals surface area contributed by atoms with Crippen molar-refractivity contribution in [1.29, 1.82) is 0 Å². The average molecular weight is 278 g/mol. The summed E-state index contributed by atoms with van der Waals surface area (Å²) in [6, 6.07) is 7.35. The molecule has 0 saturated carbocycles. The third kappa shape index (κ3) is 2.18. The van der Waals surface area contributed by atoms with Gasteiger partial charge >= 0.3 is 5.97 Å². The van der Waals surface area contributed by atoms with E-state index in [1.165, 1.54) is 7.11 Å². The third-order valence-corrected chi connectivity index (χ3v) is 4.15. The topological polar surface area (TPSA) is 55.8 Å². The van der Waals surface area contributed by atoms with Crippen LogP contribution in [-0.4, -0.2) is 24.8 Å². The van der Waals surface area contributed by atoms with Gasteiger partial charge in [0.05, 0.1) is 19.6 Å². The van der Waals surface area contributed by atoms with E-state index in [1.807, 2.05) is 45.0 Å². The predicted octanol–water partition coefficient (Wildman–Crippen LogP) is 2.35. The standard InChI is InChI=1S/C16H22O4/c1-10(2)14(15(17)19-4)16(18)11(3)9-20-13-8-6-5-7-12(13)16/h5-8,10-11,14,18H,9H2,1-4H3. The molecule has 20 heavy (non-hydrogen) atoms. The molecular formula is C16H22O4. The summed E-state index contributed by atoms with van der Waals surface area (Å²) in [4.78, 5) is 12.2. The number of hydrogen-bond donors (Lipinski definition) is 1. The van der Waals surface area contributed by atoms with Crippen LogP contribution in [0.15, 0.2) is 24.3 Å². The Morgan fingerprint density at radius 1 is 1.45 bits per heavy atom. The highest BCUT2D eigenvalue weighted by Gasteiger charge is 2.52. The number of esters is 1. The number of carbonyl (C=O) groups excluding carboxylic acids is 1. The van der Waals surface area contributed by atoms with Gasteiger partial charge in [0, 0.05) is 11.5 Å². The number of carbonyl (C=O) groups is 1. The van der Waals surface area contributed by atoms with Crippen LogP contribution in [0.5, 0.6) is 5.75 Å². The van der Waals surface area contributed by atoms with Crippen molar-refractivity contribution in [1.82, 2.24) is 0 Å². The van der Waals surface area contributed by atoms with Gasteiger partial charge in [-0.25, -0.2) is 0 Å². The molecule has 0 amide bonds. The predicted molar refractivity (Wildman–Crippen MR) is 75.3 cm³/mol. The maximum Gasteiger partial charge on any atom is 0.312 e. The minimum atomic E-state index is -1.27. The molecule has 4 heteroatoms. The minimum Gasteiger partial charge on any atom is -0.493 e. The van der Waals surface area contributed by atoms with Gasteiger partial charge in [-0.15, -0.1) is 0 Å². The number of para-hydroxylation sites is 1. The molecule has 1 aliphatic rings. The van der Waals surface area contributed by atoms with Gasteiger partial charge in [0.15, 0.2) is 0 Å². The fraction of sp³-hybridized carbons (Fsp3) is 0.562. The molecule has 3 atom stereocenters. The zero-order valence-electron chi connectivity index (χ0n) is 12.4. The van der Waals surface area contributed by atoms with Gasteiger partial charge in [-0.1, -0.05) is 39.0 Å². The summed E-state index contributed by atoms with van der Waals surface area (Å²) in [5.74, 6) is -0.591. The number of methoxy groups -OCH3 is 1. The molecule has 0 spiro atoms. The molecule has 3 unspecified atom stereocenters. The highest BCUT2D eigenvalue weighted by molar-refractivity contribution is 5.75. The Kier molecular flexibility index (Phi) is 4.04. The molecule has 1 heterocycles. The van der Waals surface area contributed by atoms with Gasteiger partial charge in [0.2, 0.25) is 0 Å². The highest BCUT2D eigenvalue weighted by Crippen LogP contribution is 2.47. The maximum atomic E-state index is 12.2. The molecule has 1 aromatic carbocycles. The van der Waals surface area contributed by atoms with Gasteiger partial charge in [-0.3, -0.25) is 4.79 Å². The second kappa shape index (κ2) is 5.44. The first kappa shape index (κ1) is 14.9. The van der Waals surface area contributed by atoms with Crippen LogP contribution in [0.2, 0.25) is 0 Å². The van der Waals surface area contributed by atoms with Crippen molar-refractivity contribution < 1.29 is 19.4 Å². The first-order valence-corrected chi connectivity index (χ1v) is 6.95. The number of aliphatic hydroxyl groups is 1. The molecule has 4 nitrogen and oxygen atoms in total. The van der Waals surface area contributed by atoms with E-state index in [4.69, 9.17) is 9.47 Å². The van der Waals surface area contributed by atoms with Crippen LogP contribution < -0.4 is 4.74 Å². The monoisotopic (exact) mass is 278 g/mol. The second-order valence-corrected chi connectivity index (χ2v) is 5.78. The molecule has 1 aromatic rings. The molecule has 1 N–H and O–H groups in total. The average Bonchev–Trinajstić information content (AvgIpc) is 2.43. The van der Waals surface area contributed by atoms with Gasteiger partial charge in [0.1, 0.15) is 11.4 Å². The summed E-state index contributed by atoms with van der Waals surface area (Å²) in [6.07, 6.45) is 0. The lowest BCUT2D eigenvalue weighted by Gasteiger charge is -2.44. The Balaban J connectivity index is 2.58. The molecule has 2 rings (SSSR count). The Labute approximate surface area is 119 Å². The summed E-state index contributed by atoms with van der Waals surface area (Å²) in [5.41, 5.74) is -0.598. The van der Waals surface area contributed by atoms with E-state index in [0.717, 1.165) is 0 Å². The van der Waals surface area contributed by atoms with E-state index in [2.05, 4.69) is 0 Å². The quantitative estimate of drug-likeness (QED) is 0.862. The smallest absolute Gasteiger partial charge is 0.312 e. The van der Waals surface area contributed by atoms with Crippen molar-refractivity contribution in [2.45, 2.75) is 26.4 Å². The molecule has 1 aliphatic heterocycles. The van der Waals surface area contributed by atoms with Crippen LogP contribution >= 0.6 is 0 Å². The molecule has 0 bridgehead atoms. The normalized spacial score (nSPS) is 26.6. The van der Waals surface area contributed by atoms with Crippen molar-refractivity contribution in [3.63, 3.8) is 0 Å². The zero-order valence-corrected chi connectivity index (χ0v) is 12.4. The van der Waals surface area contributed by atoms with E-state index in [9.17, 15) is 9.90 Å². The van der Waals surface area contributed by atoms with Gasteiger partial charge in [0.25, 0.3) is 0 Å². The van der Waals surface area contributed by atoms with Crippen LogP contribution in [0.3, 0.4) is 0 Å². The third-order valence-electron chi connectivity index (χ3n) is 4.15. The lowest BCUT2D eigenvalue weighted by molar-refractivity contribution is -0.171. The van der Waals surface area contributed by atoms with E-state index in [-0.39, 0.29) is 17.8 Å². The zero-order chi connectivity index (χ0) is 14.9. The Morgan fingerprint density at radius 2 is 2.10 bits per heavy atom. The number of ether oxygens (including phenoxy) is 2. The fourth-order valence-electron chi connectivity index (χ4n) is 3.09. The maximum absolute atomic E-state index is 12.2. The van der Waals surface area contributed by atoms with Crippen LogP contribution in [-0.2, 0) is 15.1 Å². The van der Waals surface area contributed by atoms with Crippen molar-refractivity contribution in [3.05, 3.63) is 29.8 Å². The summed E-state index contributed by atoms with van der Waals surface area (Å²) in [6.45, 7) is 6.12. The number of benzene rings is 1. The van der Waals surface area contributed by atoms with E-state index >= 15 is 0 Å². The van der Waals surface area contributed by atoms with Gasteiger partial charge < -0.3 is 14.6 Å². The Morgan fingerprint density at radius 3 is 2.70 bits per heavy atom. The Bertz CT molecular complexity index is 497. The summed E-state index contributed by atoms with van der Waals surface area (Å²) in [5, 5.41) is 11.3. The molecule has 0 radical (unpaired) electrons. The summed E-state index contributed by atoms with van der Waals surface area (Å²) in [7, 11) is 1.36. The number of rotatable bonds is 3. The van der Waals surface area contributed by atoms with Gasteiger partial charge in [-0.2, -0.15) is 0 Å². The van der Waals surface area contributed by atoms with Crippen LogP contribution in [0, 0.1) is 17.8 Å². The minimum absolute atomic E-state index is 0.0407. The van der Waals surface area contributed by atoms with E-state index in [1.54, 1.807) is 0 Å². The lowest BCUT2D eigenvalue weighted by Crippen LogP contribution is -2.51. The van der Waals surface area contributed by atoms with Crippen LogP contribution in [0.1, 0.15) is 26.3 Å². The molecule has 0 fully saturated rings. The van der Waals surface area contributed by atoms with E-state index < -0.39 is 11.5 Å². The fourth-order valence-corrected chi connectivity index (χ4v) is 3.09. The first-order valence-electron chi connectivity index (χ1n) is 6.95. The van der Waals surface area contributed by atoms with Gasteiger partial charge in [-0.05, 0) is 12.0 Å².